The molecule has 2 heterocycles. The molecular weight excluding hydrogens is 342 g/mol. The van der Waals surface area contributed by atoms with Crippen LogP contribution in [0.25, 0.3) is 0 Å². The fraction of sp³-hybridized carbons (Fsp3) is 0.619. The molecule has 0 aliphatic carbocycles. The molecule has 1 unspecified atom stereocenters. The minimum atomic E-state index is -0.0336. The minimum absolute atomic E-state index is 0.0336. The number of methoxy groups -OCH3 is 1. The summed E-state index contributed by atoms with van der Waals surface area (Å²) >= 11 is 0. The summed E-state index contributed by atoms with van der Waals surface area (Å²) < 4.78 is 5.10. The lowest BCUT2D eigenvalue weighted by Gasteiger charge is -2.26. The second-order valence-corrected chi connectivity index (χ2v) is 7.56. The van der Waals surface area contributed by atoms with Crippen molar-refractivity contribution in [1.82, 2.24) is 14.7 Å². The van der Waals surface area contributed by atoms with E-state index in [0.717, 1.165) is 44.6 Å². The van der Waals surface area contributed by atoms with Gasteiger partial charge >= 0.3 is 0 Å². The van der Waals surface area contributed by atoms with E-state index in [1.165, 1.54) is 5.56 Å². The monoisotopic (exact) mass is 373 g/mol. The number of benzene rings is 1. The number of rotatable bonds is 6. The van der Waals surface area contributed by atoms with E-state index in [9.17, 15) is 9.59 Å². The van der Waals surface area contributed by atoms with Crippen LogP contribution in [0.1, 0.15) is 24.0 Å². The van der Waals surface area contributed by atoms with E-state index in [1.807, 2.05) is 34.9 Å². The molecule has 6 nitrogen and oxygen atoms in total. The first-order valence-electron chi connectivity index (χ1n) is 9.93. The van der Waals surface area contributed by atoms with Gasteiger partial charge < -0.3 is 14.5 Å². The first kappa shape index (κ1) is 19.8. The molecule has 2 aliphatic rings. The van der Waals surface area contributed by atoms with Crippen molar-refractivity contribution in [3.05, 3.63) is 35.4 Å². The first-order chi connectivity index (χ1) is 13.1. The van der Waals surface area contributed by atoms with Gasteiger partial charge in [0.15, 0.2) is 0 Å². The van der Waals surface area contributed by atoms with Crippen LogP contribution in [-0.2, 0) is 20.7 Å². The Hall–Kier alpha value is -1.92. The third-order valence-electron chi connectivity index (χ3n) is 5.60. The predicted octanol–water partition coefficient (Wildman–Crippen LogP) is 1.32. The average Bonchev–Trinajstić information content (AvgIpc) is 2.86. The van der Waals surface area contributed by atoms with Gasteiger partial charge in [-0.15, -0.1) is 0 Å². The Morgan fingerprint density at radius 2 is 2.04 bits per heavy atom. The highest BCUT2D eigenvalue weighted by atomic mass is 16.5. The van der Waals surface area contributed by atoms with Gasteiger partial charge in [0.25, 0.3) is 0 Å². The lowest BCUT2D eigenvalue weighted by atomic mass is 10.1. The normalized spacial score (nSPS) is 21.6. The van der Waals surface area contributed by atoms with Crippen LogP contribution in [0.15, 0.2) is 24.3 Å². The Morgan fingerprint density at radius 3 is 2.81 bits per heavy atom. The van der Waals surface area contributed by atoms with E-state index < -0.39 is 0 Å². The number of aryl methyl sites for hydroxylation is 1. The molecule has 1 aromatic rings. The second kappa shape index (κ2) is 9.33. The van der Waals surface area contributed by atoms with E-state index in [-0.39, 0.29) is 17.9 Å². The average molecular weight is 373 g/mol. The summed E-state index contributed by atoms with van der Waals surface area (Å²) in [5, 5.41) is 0. The van der Waals surface area contributed by atoms with Gasteiger partial charge in [-0.3, -0.25) is 14.5 Å². The summed E-state index contributed by atoms with van der Waals surface area (Å²) in [7, 11) is 1.66. The number of amides is 2. The predicted molar refractivity (Wildman–Crippen MR) is 105 cm³/mol. The van der Waals surface area contributed by atoms with Gasteiger partial charge in [-0.05, 0) is 25.3 Å². The first-order valence-corrected chi connectivity index (χ1v) is 9.93. The Morgan fingerprint density at radius 1 is 1.19 bits per heavy atom. The maximum atomic E-state index is 12.7. The molecule has 3 rings (SSSR count). The number of hydrogen-bond acceptors (Lipinski definition) is 4. The zero-order valence-corrected chi connectivity index (χ0v) is 16.5. The fourth-order valence-corrected chi connectivity index (χ4v) is 4.09. The van der Waals surface area contributed by atoms with Crippen molar-refractivity contribution in [2.75, 3.05) is 53.0 Å². The molecule has 6 heteroatoms. The number of nitrogens with zero attached hydrogens (tertiary/aromatic N) is 3. The summed E-state index contributed by atoms with van der Waals surface area (Å²) in [6, 6.07) is 8.11. The molecule has 0 radical (unpaired) electrons. The molecule has 0 spiro atoms. The van der Waals surface area contributed by atoms with Crippen molar-refractivity contribution < 1.29 is 14.3 Å². The fourth-order valence-electron chi connectivity index (χ4n) is 4.09. The highest BCUT2D eigenvalue weighted by Gasteiger charge is 2.36. The molecule has 2 amide bonds. The Balaban J connectivity index is 1.53. The smallest absolute Gasteiger partial charge is 0.240 e. The standard InChI is InChI=1S/C21H31N3O3/c1-17-5-3-6-18(15-17)16-20(25)23-9-4-8-22(11-12-23)19-7-10-24(21(19)26)13-14-27-2/h3,5-6,15,19H,4,7-14,16H2,1-2H3. The molecular formula is C21H31N3O3. The maximum Gasteiger partial charge on any atom is 0.240 e. The molecule has 0 saturated carbocycles. The van der Waals surface area contributed by atoms with Gasteiger partial charge in [-0.1, -0.05) is 29.8 Å². The quantitative estimate of drug-likeness (QED) is 0.755. The number of ether oxygens (including phenoxy) is 1. The highest BCUT2D eigenvalue weighted by molar-refractivity contribution is 5.84. The van der Waals surface area contributed by atoms with Gasteiger partial charge in [-0.2, -0.15) is 0 Å². The number of carbonyl (C=O) groups is 2. The lowest BCUT2D eigenvalue weighted by Crippen LogP contribution is -2.44. The van der Waals surface area contributed by atoms with Gasteiger partial charge in [-0.25, -0.2) is 0 Å². The number of carbonyl (C=O) groups excluding carboxylic acids is 2. The van der Waals surface area contributed by atoms with Crippen molar-refractivity contribution in [3.63, 3.8) is 0 Å². The number of hydrogen-bond donors (Lipinski definition) is 0. The highest BCUT2D eigenvalue weighted by Crippen LogP contribution is 2.19. The van der Waals surface area contributed by atoms with Crippen LogP contribution in [-0.4, -0.2) is 85.5 Å². The molecule has 2 fully saturated rings. The molecule has 1 aromatic carbocycles. The summed E-state index contributed by atoms with van der Waals surface area (Å²) in [5.74, 6) is 0.397. The van der Waals surface area contributed by atoms with Crippen LogP contribution in [0.2, 0.25) is 0 Å². The second-order valence-electron chi connectivity index (χ2n) is 7.56. The van der Waals surface area contributed by atoms with Crippen LogP contribution in [0.3, 0.4) is 0 Å². The zero-order chi connectivity index (χ0) is 19.2. The molecule has 0 N–H and O–H groups in total. The van der Waals surface area contributed by atoms with Gasteiger partial charge in [0.1, 0.15) is 0 Å². The summed E-state index contributed by atoms with van der Waals surface area (Å²) in [4.78, 5) is 31.5. The van der Waals surface area contributed by atoms with E-state index >= 15 is 0 Å². The van der Waals surface area contributed by atoms with Crippen LogP contribution >= 0.6 is 0 Å². The van der Waals surface area contributed by atoms with E-state index in [2.05, 4.69) is 11.0 Å². The van der Waals surface area contributed by atoms with Crippen LogP contribution in [0.4, 0.5) is 0 Å². The van der Waals surface area contributed by atoms with Crippen molar-refractivity contribution >= 4 is 11.8 Å². The molecule has 1 atom stereocenters. The van der Waals surface area contributed by atoms with E-state index in [4.69, 9.17) is 4.74 Å². The Kier molecular flexibility index (Phi) is 6.85. The zero-order valence-electron chi connectivity index (χ0n) is 16.5. The van der Waals surface area contributed by atoms with Crippen molar-refractivity contribution in [2.45, 2.75) is 32.2 Å². The third kappa shape index (κ3) is 5.08. The summed E-state index contributed by atoms with van der Waals surface area (Å²) in [6.45, 7) is 7.23. The van der Waals surface area contributed by atoms with E-state index in [1.54, 1.807) is 7.11 Å². The van der Waals surface area contributed by atoms with Crippen LogP contribution in [0.5, 0.6) is 0 Å². The van der Waals surface area contributed by atoms with Gasteiger partial charge in [0.05, 0.1) is 19.1 Å². The topological polar surface area (TPSA) is 53.1 Å². The number of likely N-dealkylation sites (tertiary alicyclic amines) is 1. The van der Waals surface area contributed by atoms with Crippen molar-refractivity contribution in [1.29, 1.82) is 0 Å². The SMILES string of the molecule is COCCN1CCC(N2CCCN(C(=O)Cc3cccc(C)c3)CC2)C1=O. The molecule has 2 saturated heterocycles. The molecule has 0 aromatic heterocycles. The lowest BCUT2D eigenvalue weighted by molar-refractivity contribution is -0.132. The molecule has 0 bridgehead atoms. The Labute approximate surface area is 162 Å². The maximum absolute atomic E-state index is 12.7. The Bertz CT molecular complexity index is 664. The van der Waals surface area contributed by atoms with Crippen molar-refractivity contribution in [2.24, 2.45) is 0 Å². The van der Waals surface area contributed by atoms with E-state index in [0.29, 0.717) is 26.1 Å². The van der Waals surface area contributed by atoms with Crippen LogP contribution < -0.4 is 0 Å². The largest absolute Gasteiger partial charge is 0.383 e. The van der Waals surface area contributed by atoms with Crippen molar-refractivity contribution in [3.8, 4) is 0 Å². The summed E-state index contributed by atoms with van der Waals surface area (Å²) in [5.41, 5.74) is 2.25. The minimum Gasteiger partial charge on any atom is -0.383 e. The molecule has 27 heavy (non-hydrogen) atoms. The third-order valence-corrected chi connectivity index (χ3v) is 5.60. The summed E-state index contributed by atoms with van der Waals surface area (Å²) in [6.07, 6.45) is 2.25. The van der Waals surface area contributed by atoms with Gasteiger partial charge in [0.2, 0.25) is 11.8 Å². The molecule has 148 valence electrons. The van der Waals surface area contributed by atoms with Gasteiger partial charge in [0, 0.05) is 46.4 Å². The molecule has 2 aliphatic heterocycles. The van der Waals surface area contributed by atoms with Crippen LogP contribution in [0, 0.1) is 6.92 Å².